The molecule has 1 unspecified atom stereocenters. The normalized spacial score (nSPS) is 11.9. The number of carbonyl (C=O) groups excluding carboxylic acids is 1. The van der Waals surface area contributed by atoms with E-state index in [1.54, 1.807) is 19.1 Å². The first-order valence-electron chi connectivity index (χ1n) is 5.19. The smallest absolute Gasteiger partial charge is 0.336 e. The van der Waals surface area contributed by atoms with E-state index < -0.39 is 11.9 Å². The van der Waals surface area contributed by atoms with E-state index in [0.717, 1.165) is 0 Å². The average Bonchev–Trinajstić information content (AvgIpc) is 2.35. The highest BCUT2D eigenvalue weighted by atomic mass is 16.4. The summed E-state index contributed by atoms with van der Waals surface area (Å²) >= 11 is 0. The van der Waals surface area contributed by atoms with E-state index in [2.05, 4.69) is 0 Å². The quantitative estimate of drug-likeness (QED) is 0.813. The van der Waals surface area contributed by atoms with E-state index in [9.17, 15) is 9.59 Å². The number of amides is 1. The Morgan fingerprint density at radius 1 is 1.29 bits per heavy atom. The Morgan fingerprint density at radius 3 is 2.29 bits per heavy atom. The van der Waals surface area contributed by atoms with Gasteiger partial charge in [-0.05, 0) is 19.1 Å². The third-order valence-electron chi connectivity index (χ3n) is 2.63. The highest BCUT2D eigenvalue weighted by molar-refractivity contribution is 6.04. The molecule has 92 valence electrons. The van der Waals surface area contributed by atoms with Gasteiger partial charge in [-0.3, -0.25) is 4.79 Å². The number of hydrogen-bond acceptors (Lipinski definition) is 3. The van der Waals surface area contributed by atoms with Gasteiger partial charge in [-0.25, -0.2) is 4.79 Å². The van der Waals surface area contributed by atoms with E-state index in [1.165, 1.54) is 24.1 Å². The lowest BCUT2D eigenvalue weighted by molar-refractivity contribution is 0.0648. The molecular weight excluding hydrogens is 222 g/mol. The molecule has 5 nitrogen and oxygen atoms in total. The minimum atomic E-state index is -1.14. The maximum Gasteiger partial charge on any atom is 0.336 e. The molecule has 0 bridgehead atoms. The van der Waals surface area contributed by atoms with Crippen molar-refractivity contribution in [3.63, 3.8) is 0 Å². The molecule has 0 aliphatic carbocycles. The van der Waals surface area contributed by atoms with Gasteiger partial charge >= 0.3 is 5.97 Å². The van der Waals surface area contributed by atoms with Crippen LogP contribution < -0.4 is 0 Å². The number of hydrogen-bond donors (Lipinski definition) is 2. The Labute approximate surface area is 99.3 Å². The minimum Gasteiger partial charge on any atom is -0.478 e. The molecular formula is C12H15NO4. The molecule has 1 amide bonds. The van der Waals surface area contributed by atoms with Gasteiger partial charge in [-0.15, -0.1) is 0 Å². The number of rotatable bonds is 4. The predicted octanol–water partition coefficient (Wildman–Crippen LogP) is 0.838. The maximum absolute atomic E-state index is 12.0. The average molecular weight is 237 g/mol. The summed E-state index contributed by atoms with van der Waals surface area (Å²) in [6, 6.07) is 5.66. The topological polar surface area (TPSA) is 77.8 Å². The zero-order valence-electron chi connectivity index (χ0n) is 9.75. The van der Waals surface area contributed by atoms with Crippen LogP contribution in [0.2, 0.25) is 0 Å². The first kappa shape index (κ1) is 13.2. The largest absolute Gasteiger partial charge is 0.478 e. The molecule has 0 radical (unpaired) electrons. The minimum absolute atomic E-state index is 0.0329. The molecule has 1 aromatic rings. The van der Waals surface area contributed by atoms with Crippen molar-refractivity contribution in [3.8, 4) is 0 Å². The van der Waals surface area contributed by atoms with Crippen molar-refractivity contribution in [1.29, 1.82) is 0 Å². The molecule has 2 N–H and O–H groups in total. The number of carbonyl (C=O) groups is 2. The molecule has 0 aromatic heterocycles. The third kappa shape index (κ3) is 2.82. The first-order valence-corrected chi connectivity index (χ1v) is 5.19. The highest BCUT2D eigenvalue weighted by Crippen LogP contribution is 2.12. The van der Waals surface area contributed by atoms with Gasteiger partial charge in [0.1, 0.15) is 0 Å². The molecule has 1 atom stereocenters. The summed E-state index contributed by atoms with van der Waals surface area (Å²) in [5, 5.41) is 17.9. The van der Waals surface area contributed by atoms with Crippen molar-refractivity contribution < 1.29 is 19.8 Å². The number of nitrogens with zero attached hydrogens (tertiary/aromatic N) is 1. The lowest BCUT2D eigenvalue weighted by atomic mass is 10.1. The number of aliphatic hydroxyl groups excluding tert-OH is 1. The van der Waals surface area contributed by atoms with Crippen LogP contribution in [0.5, 0.6) is 0 Å². The number of aromatic carboxylic acids is 1. The van der Waals surface area contributed by atoms with Crippen LogP contribution in [0.4, 0.5) is 0 Å². The van der Waals surface area contributed by atoms with E-state index in [0.29, 0.717) is 0 Å². The molecule has 0 aliphatic heterocycles. The second-order valence-corrected chi connectivity index (χ2v) is 3.80. The van der Waals surface area contributed by atoms with Gasteiger partial charge < -0.3 is 15.1 Å². The number of aliphatic hydroxyl groups is 1. The fourth-order valence-electron chi connectivity index (χ4n) is 1.37. The Kier molecular flexibility index (Phi) is 4.23. The first-order chi connectivity index (χ1) is 7.99. The summed E-state index contributed by atoms with van der Waals surface area (Å²) < 4.78 is 0. The maximum atomic E-state index is 12.0. The fraction of sp³-hybridized carbons (Fsp3) is 0.333. The summed E-state index contributed by atoms with van der Waals surface area (Å²) in [5.74, 6) is -1.55. The van der Waals surface area contributed by atoms with Crippen LogP contribution in [0.3, 0.4) is 0 Å². The van der Waals surface area contributed by atoms with Gasteiger partial charge in [0, 0.05) is 7.05 Å². The van der Waals surface area contributed by atoms with Crippen LogP contribution in [0.25, 0.3) is 0 Å². The Balaban J connectivity index is 3.08. The summed E-state index contributed by atoms with van der Waals surface area (Å²) in [6.45, 7) is 1.51. The third-order valence-corrected chi connectivity index (χ3v) is 2.63. The van der Waals surface area contributed by atoms with Gasteiger partial charge in [-0.1, -0.05) is 12.1 Å². The Bertz CT molecular complexity index is 430. The molecule has 17 heavy (non-hydrogen) atoms. The van der Waals surface area contributed by atoms with Crippen molar-refractivity contribution in [2.75, 3.05) is 13.7 Å². The van der Waals surface area contributed by atoms with Crippen LogP contribution in [-0.4, -0.2) is 46.7 Å². The van der Waals surface area contributed by atoms with Crippen LogP contribution in [-0.2, 0) is 0 Å². The summed E-state index contributed by atoms with van der Waals surface area (Å²) in [7, 11) is 1.53. The monoisotopic (exact) mass is 237 g/mol. The second kappa shape index (κ2) is 5.45. The molecule has 1 aromatic carbocycles. The standard InChI is InChI=1S/C12H15NO4/c1-8(7-14)13(2)11(15)9-5-3-4-6-10(9)12(16)17/h3-6,8,14H,7H2,1-2H3,(H,16,17). The molecule has 0 spiro atoms. The van der Waals surface area contributed by atoms with Crippen LogP contribution >= 0.6 is 0 Å². The predicted molar refractivity (Wildman–Crippen MR) is 62.0 cm³/mol. The van der Waals surface area contributed by atoms with Crippen molar-refractivity contribution in [2.45, 2.75) is 13.0 Å². The number of carboxylic acids is 1. The van der Waals surface area contributed by atoms with Gasteiger partial charge in [0.05, 0.1) is 23.8 Å². The van der Waals surface area contributed by atoms with Crippen molar-refractivity contribution in [2.24, 2.45) is 0 Å². The summed E-state index contributed by atoms with van der Waals surface area (Å²) in [5.41, 5.74) is 0.0947. The number of carboxylic acid groups (broad SMARTS) is 1. The van der Waals surface area contributed by atoms with Crippen LogP contribution in [0, 0.1) is 0 Å². The fourth-order valence-corrected chi connectivity index (χ4v) is 1.37. The van der Waals surface area contributed by atoms with Crippen molar-refractivity contribution in [3.05, 3.63) is 35.4 Å². The van der Waals surface area contributed by atoms with Gasteiger partial charge in [-0.2, -0.15) is 0 Å². The molecule has 0 saturated heterocycles. The second-order valence-electron chi connectivity index (χ2n) is 3.80. The van der Waals surface area contributed by atoms with Gasteiger partial charge in [0.15, 0.2) is 0 Å². The van der Waals surface area contributed by atoms with Gasteiger partial charge in [0.25, 0.3) is 5.91 Å². The molecule has 0 aliphatic rings. The van der Waals surface area contributed by atoms with E-state index in [-0.39, 0.29) is 23.8 Å². The molecule has 0 heterocycles. The van der Waals surface area contributed by atoms with Crippen molar-refractivity contribution in [1.82, 2.24) is 4.90 Å². The summed E-state index contributed by atoms with van der Waals surface area (Å²) in [6.07, 6.45) is 0. The van der Waals surface area contributed by atoms with Gasteiger partial charge in [0.2, 0.25) is 0 Å². The number of likely N-dealkylation sites (N-methyl/N-ethyl adjacent to an activating group) is 1. The Morgan fingerprint density at radius 2 is 1.82 bits per heavy atom. The van der Waals surface area contributed by atoms with Crippen LogP contribution in [0.15, 0.2) is 24.3 Å². The summed E-state index contributed by atoms with van der Waals surface area (Å²) in [4.78, 5) is 24.3. The lowest BCUT2D eigenvalue weighted by Crippen LogP contribution is -2.38. The number of benzene rings is 1. The van der Waals surface area contributed by atoms with Crippen molar-refractivity contribution >= 4 is 11.9 Å². The SMILES string of the molecule is CC(CO)N(C)C(=O)c1ccccc1C(=O)O. The lowest BCUT2D eigenvalue weighted by Gasteiger charge is -2.23. The van der Waals surface area contributed by atoms with E-state index >= 15 is 0 Å². The zero-order valence-corrected chi connectivity index (χ0v) is 9.75. The zero-order chi connectivity index (χ0) is 13.0. The van der Waals surface area contributed by atoms with E-state index in [4.69, 9.17) is 10.2 Å². The molecule has 5 heteroatoms. The highest BCUT2D eigenvalue weighted by Gasteiger charge is 2.21. The molecule has 0 saturated carbocycles. The molecule has 0 fully saturated rings. The van der Waals surface area contributed by atoms with Crippen LogP contribution in [0.1, 0.15) is 27.6 Å². The van der Waals surface area contributed by atoms with E-state index in [1.807, 2.05) is 0 Å². The Hall–Kier alpha value is -1.88. The molecule has 1 rings (SSSR count).